The van der Waals surface area contributed by atoms with Gasteiger partial charge >= 0.3 is 0 Å². The SMILES string of the molecule is CC(C)CCC(C)(CN)N1CCC2(CCCC2)CC1. The molecule has 1 aliphatic heterocycles. The number of nitrogens with zero attached hydrogens (tertiary/aromatic N) is 1. The molecule has 0 aromatic carbocycles. The van der Waals surface area contributed by atoms with Crippen LogP contribution in [0.5, 0.6) is 0 Å². The summed E-state index contributed by atoms with van der Waals surface area (Å²) in [5.41, 5.74) is 7.09. The standard InChI is InChI=1S/C17H34N2/c1-15(2)6-9-16(3,14-18)19-12-10-17(11-13-19)7-4-5-8-17/h15H,4-14,18H2,1-3H3. The largest absolute Gasteiger partial charge is 0.329 e. The van der Waals surface area contributed by atoms with Crippen molar-refractivity contribution in [2.45, 2.75) is 77.7 Å². The van der Waals surface area contributed by atoms with E-state index in [0.29, 0.717) is 0 Å². The Kier molecular flexibility index (Phi) is 4.94. The predicted molar refractivity (Wildman–Crippen MR) is 83.2 cm³/mol. The second-order valence-electron chi connectivity index (χ2n) is 7.83. The van der Waals surface area contributed by atoms with E-state index >= 15 is 0 Å². The molecule has 1 aliphatic carbocycles. The van der Waals surface area contributed by atoms with Gasteiger partial charge in [-0.3, -0.25) is 4.90 Å². The van der Waals surface area contributed by atoms with E-state index in [4.69, 9.17) is 5.73 Å². The molecule has 1 saturated carbocycles. The van der Waals surface area contributed by atoms with Crippen LogP contribution in [0.1, 0.15) is 72.1 Å². The maximum atomic E-state index is 6.13. The molecule has 0 radical (unpaired) electrons. The van der Waals surface area contributed by atoms with Gasteiger partial charge in [-0.05, 0) is 69.9 Å². The third-order valence-corrected chi connectivity index (χ3v) is 5.95. The monoisotopic (exact) mass is 266 g/mol. The van der Waals surface area contributed by atoms with Crippen molar-refractivity contribution in [2.75, 3.05) is 19.6 Å². The van der Waals surface area contributed by atoms with Crippen molar-refractivity contribution < 1.29 is 0 Å². The number of rotatable bonds is 5. The molecule has 1 unspecified atom stereocenters. The fourth-order valence-corrected chi connectivity index (χ4v) is 4.13. The molecule has 0 amide bonds. The van der Waals surface area contributed by atoms with Gasteiger partial charge in [0.1, 0.15) is 0 Å². The zero-order valence-electron chi connectivity index (χ0n) is 13.4. The molecule has 2 rings (SSSR count). The van der Waals surface area contributed by atoms with E-state index in [-0.39, 0.29) is 5.54 Å². The molecule has 1 atom stereocenters. The van der Waals surface area contributed by atoms with Crippen LogP contribution in [0.25, 0.3) is 0 Å². The van der Waals surface area contributed by atoms with Crippen molar-refractivity contribution in [3.05, 3.63) is 0 Å². The van der Waals surface area contributed by atoms with Gasteiger partial charge in [0.05, 0.1) is 0 Å². The van der Waals surface area contributed by atoms with Gasteiger partial charge in [-0.1, -0.05) is 26.7 Å². The van der Waals surface area contributed by atoms with Crippen LogP contribution in [0.3, 0.4) is 0 Å². The molecular formula is C17H34N2. The van der Waals surface area contributed by atoms with Crippen molar-refractivity contribution in [3.63, 3.8) is 0 Å². The maximum Gasteiger partial charge on any atom is 0.0303 e. The first-order valence-electron chi connectivity index (χ1n) is 8.45. The van der Waals surface area contributed by atoms with Gasteiger partial charge < -0.3 is 5.73 Å². The minimum Gasteiger partial charge on any atom is -0.329 e. The topological polar surface area (TPSA) is 29.3 Å². The molecule has 2 N–H and O–H groups in total. The summed E-state index contributed by atoms with van der Waals surface area (Å²) in [6, 6.07) is 0. The molecule has 112 valence electrons. The Morgan fingerprint density at radius 1 is 1.11 bits per heavy atom. The first kappa shape index (κ1) is 15.3. The third-order valence-electron chi connectivity index (χ3n) is 5.95. The van der Waals surface area contributed by atoms with Crippen molar-refractivity contribution in [1.29, 1.82) is 0 Å². The first-order chi connectivity index (χ1) is 9.00. The third kappa shape index (κ3) is 3.52. The summed E-state index contributed by atoms with van der Waals surface area (Å²) < 4.78 is 0. The average Bonchev–Trinajstić information content (AvgIpc) is 2.85. The van der Waals surface area contributed by atoms with Crippen molar-refractivity contribution >= 4 is 0 Å². The van der Waals surface area contributed by atoms with Crippen LogP contribution in [-0.4, -0.2) is 30.1 Å². The van der Waals surface area contributed by atoms with E-state index < -0.39 is 0 Å². The normalized spacial score (nSPS) is 27.0. The van der Waals surface area contributed by atoms with Crippen LogP contribution in [0, 0.1) is 11.3 Å². The molecule has 1 heterocycles. The number of nitrogens with two attached hydrogens (primary N) is 1. The van der Waals surface area contributed by atoms with Crippen LogP contribution in [0.2, 0.25) is 0 Å². The zero-order valence-corrected chi connectivity index (χ0v) is 13.4. The number of hydrogen-bond acceptors (Lipinski definition) is 2. The fourth-order valence-electron chi connectivity index (χ4n) is 4.13. The molecule has 2 heteroatoms. The summed E-state index contributed by atoms with van der Waals surface area (Å²) in [6.45, 7) is 10.4. The second kappa shape index (κ2) is 6.13. The van der Waals surface area contributed by atoms with Gasteiger partial charge in [0, 0.05) is 12.1 Å². The van der Waals surface area contributed by atoms with E-state index in [1.165, 1.54) is 64.5 Å². The average molecular weight is 266 g/mol. The second-order valence-corrected chi connectivity index (χ2v) is 7.83. The molecule has 2 fully saturated rings. The Hall–Kier alpha value is -0.0800. The van der Waals surface area contributed by atoms with Crippen LogP contribution in [0.15, 0.2) is 0 Å². The molecule has 19 heavy (non-hydrogen) atoms. The van der Waals surface area contributed by atoms with Gasteiger partial charge in [-0.2, -0.15) is 0 Å². The molecule has 1 spiro atoms. The quantitative estimate of drug-likeness (QED) is 0.820. The van der Waals surface area contributed by atoms with E-state index in [0.717, 1.165) is 17.9 Å². The Morgan fingerprint density at radius 3 is 2.16 bits per heavy atom. The summed E-state index contributed by atoms with van der Waals surface area (Å²) in [7, 11) is 0. The van der Waals surface area contributed by atoms with Gasteiger partial charge in [-0.15, -0.1) is 0 Å². The number of hydrogen-bond donors (Lipinski definition) is 1. The van der Waals surface area contributed by atoms with Crippen LogP contribution < -0.4 is 5.73 Å². The van der Waals surface area contributed by atoms with Crippen LogP contribution in [-0.2, 0) is 0 Å². The van der Waals surface area contributed by atoms with E-state index in [9.17, 15) is 0 Å². The van der Waals surface area contributed by atoms with Crippen molar-refractivity contribution in [1.82, 2.24) is 4.90 Å². The van der Waals surface area contributed by atoms with E-state index in [2.05, 4.69) is 25.7 Å². The molecule has 1 saturated heterocycles. The minimum absolute atomic E-state index is 0.241. The van der Waals surface area contributed by atoms with Crippen LogP contribution in [0.4, 0.5) is 0 Å². The molecular weight excluding hydrogens is 232 g/mol. The summed E-state index contributed by atoms with van der Waals surface area (Å²) >= 11 is 0. The number of likely N-dealkylation sites (tertiary alicyclic amines) is 1. The van der Waals surface area contributed by atoms with Gasteiger partial charge in [0.15, 0.2) is 0 Å². The summed E-state index contributed by atoms with van der Waals surface area (Å²) in [6.07, 6.45) is 11.3. The van der Waals surface area contributed by atoms with E-state index in [1.54, 1.807) is 0 Å². The summed E-state index contributed by atoms with van der Waals surface area (Å²) in [5.74, 6) is 0.789. The Labute approximate surface area is 120 Å². The highest BCUT2D eigenvalue weighted by Gasteiger charge is 2.41. The first-order valence-corrected chi connectivity index (χ1v) is 8.45. The Bertz CT molecular complexity index is 271. The maximum absolute atomic E-state index is 6.13. The summed E-state index contributed by atoms with van der Waals surface area (Å²) in [4.78, 5) is 2.71. The Morgan fingerprint density at radius 2 is 1.68 bits per heavy atom. The number of piperidine rings is 1. The van der Waals surface area contributed by atoms with Gasteiger partial charge in [0.25, 0.3) is 0 Å². The van der Waals surface area contributed by atoms with E-state index in [1.807, 2.05) is 0 Å². The Balaban J connectivity index is 1.90. The van der Waals surface area contributed by atoms with Crippen molar-refractivity contribution in [2.24, 2.45) is 17.1 Å². The highest BCUT2D eigenvalue weighted by atomic mass is 15.2. The van der Waals surface area contributed by atoms with Crippen LogP contribution >= 0.6 is 0 Å². The lowest BCUT2D eigenvalue weighted by atomic mass is 9.75. The summed E-state index contributed by atoms with van der Waals surface area (Å²) in [5, 5.41) is 0. The predicted octanol–water partition coefficient (Wildman–Crippen LogP) is 3.80. The lowest BCUT2D eigenvalue weighted by Crippen LogP contribution is -2.55. The highest BCUT2D eigenvalue weighted by molar-refractivity contribution is 4.95. The fraction of sp³-hybridized carbons (Fsp3) is 1.00. The minimum atomic E-state index is 0.241. The smallest absolute Gasteiger partial charge is 0.0303 e. The van der Waals surface area contributed by atoms with Gasteiger partial charge in [0.2, 0.25) is 0 Å². The molecule has 2 aliphatic rings. The molecule has 0 aromatic rings. The zero-order chi connectivity index (χ0) is 13.9. The molecule has 2 nitrogen and oxygen atoms in total. The molecule has 0 bridgehead atoms. The van der Waals surface area contributed by atoms with Gasteiger partial charge in [-0.25, -0.2) is 0 Å². The van der Waals surface area contributed by atoms with Crippen molar-refractivity contribution in [3.8, 4) is 0 Å². The lowest BCUT2D eigenvalue weighted by molar-refractivity contribution is 0.0241. The lowest BCUT2D eigenvalue weighted by Gasteiger charge is -2.48. The molecule has 0 aromatic heterocycles. The highest BCUT2D eigenvalue weighted by Crippen LogP contribution is 2.47.